The Labute approximate surface area is 224 Å². The summed E-state index contributed by atoms with van der Waals surface area (Å²) in [5.41, 5.74) is 3.06. The molecule has 0 spiro atoms. The van der Waals surface area contributed by atoms with Crippen LogP contribution in [0.3, 0.4) is 0 Å². The predicted molar refractivity (Wildman–Crippen MR) is 146 cm³/mol. The predicted octanol–water partition coefficient (Wildman–Crippen LogP) is 7.52. The molecule has 2 N–H and O–H groups in total. The number of carbonyl (C=O) groups is 1. The van der Waals surface area contributed by atoms with Gasteiger partial charge in [0.25, 0.3) is 0 Å². The van der Waals surface area contributed by atoms with Crippen LogP contribution in [0.25, 0.3) is 11.1 Å². The monoisotopic (exact) mass is 520 g/mol. The zero-order valence-corrected chi connectivity index (χ0v) is 22.5. The van der Waals surface area contributed by atoms with Crippen LogP contribution >= 0.6 is 0 Å². The van der Waals surface area contributed by atoms with E-state index in [1.54, 1.807) is 30.3 Å². The van der Waals surface area contributed by atoms with Crippen molar-refractivity contribution in [3.8, 4) is 22.6 Å². The number of aliphatic carboxylic acids is 1. The molecule has 5 nitrogen and oxygen atoms in total. The van der Waals surface area contributed by atoms with Gasteiger partial charge in [0.1, 0.15) is 23.9 Å². The highest BCUT2D eigenvalue weighted by atomic mass is 19.1. The van der Waals surface area contributed by atoms with Crippen LogP contribution in [0.15, 0.2) is 60.7 Å². The zero-order chi connectivity index (χ0) is 27.4. The molecule has 1 saturated carbocycles. The molecule has 0 heterocycles. The Balaban J connectivity index is 1.63. The normalized spacial score (nSPS) is 15.1. The fourth-order valence-corrected chi connectivity index (χ4v) is 4.88. The van der Waals surface area contributed by atoms with E-state index in [1.165, 1.54) is 13.2 Å². The Kier molecular flexibility index (Phi) is 8.41. The van der Waals surface area contributed by atoms with Gasteiger partial charge in [0, 0.05) is 5.56 Å². The minimum absolute atomic E-state index is 0.0162. The average molecular weight is 521 g/mol. The van der Waals surface area contributed by atoms with E-state index >= 15 is 0 Å². The van der Waals surface area contributed by atoms with Crippen molar-refractivity contribution in [2.24, 2.45) is 11.3 Å². The van der Waals surface area contributed by atoms with Crippen LogP contribution in [-0.4, -0.2) is 23.3 Å². The number of aliphatic hydroxyl groups is 1. The average Bonchev–Trinajstić information content (AvgIpc) is 3.76. The van der Waals surface area contributed by atoms with E-state index in [9.17, 15) is 19.4 Å². The Morgan fingerprint density at radius 1 is 1.05 bits per heavy atom. The van der Waals surface area contributed by atoms with Crippen molar-refractivity contribution in [1.29, 1.82) is 0 Å². The first kappa shape index (κ1) is 27.6. The number of benzene rings is 3. The summed E-state index contributed by atoms with van der Waals surface area (Å²) < 4.78 is 26.4. The van der Waals surface area contributed by atoms with Crippen molar-refractivity contribution in [1.82, 2.24) is 0 Å². The second-order valence-corrected chi connectivity index (χ2v) is 10.9. The molecule has 3 aromatic carbocycles. The Hall–Kier alpha value is -3.38. The van der Waals surface area contributed by atoms with Crippen LogP contribution in [0.2, 0.25) is 0 Å². The van der Waals surface area contributed by atoms with Crippen molar-refractivity contribution < 1.29 is 28.9 Å². The minimum atomic E-state index is -0.852. The fraction of sp³-hybridized carbons (Fsp3) is 0.406. The highest BCUT2D eigenvalue weighted by Crippen LogP contribution is 2.45. The molecule has 0 bridgehead atoms. The van der Waals surface area contributed by atoms with Gasteiger partial charge in [0.05, 0.1) is 19.6 Å². The van der Waals surface area contributed by atoms with Gasteiger partial charge in [-0.05, 0) is 89.1 Å². The summed E-state index contributed by atoms with van der Waals surface area (Å²) in [5.74, 6) is 0.361. The first-order chi connectivity index (χ1) is 18.1. The smallest absolute Gasteiger partial charge is 0.303 e. The maximum absolute atomic E-state index is 14.9. The molecule has 1 fully saturated rings. The van der Waals surface area contributed by atoms with Crippen molar-refractivity contribution in [2.45, 2.75) is 65.1 Å². The summed E-state index contributed by atoms with van der Waals surface area (Å²) in [4.78, 5) is 11.4. The van der Waals surface area contributed by atoms with Gasteiger partial charge in [-0.2, -0.15) is 0 Å². The molecule has 38 heavy (non-hydrogen) atoms. The number of methoxy groups -OCH3 is 1. The Bertz CT molecular complexity index is 1280. The number of hydrogen-bond donors (Lipinski definition) is 2. The van der Waals surface area contributed by atoms with Gasteiger partial charge in [0.15, 0.2) is 0 Å². The van der Waals surface area contributed by atoms with Crippen LogP contribution in [0.5, 0.6) is 11.5 Å². The van der Waals surface area contributed by atoms with Crippen molar-refractivity contribution >= 4 is 5.97 Å². The summed E-state index contributed by atoms with van der Waals surface area (Å²) in [7, 11) is 1.54. The van der Waals surface area contributed by atoms with E-state index in [4.69, 9.17) is 9.47 Å². The Morgan fingerprint density at radius 3 is 2.45 bits per heavy atom. The van der Waals surface area contributed by atoms with Crippen LogP contribution in [0.1, 0.15) is 75.2 Å². The fourth-order valence-electron chi connectivity index (χ4n) is 4.88. The molecule has 0 amide bonds. The van der Waals surface area contributed by atoms with E-state index in [-0.39, 0.29) is 18.9 Å². The lowest BCUT2D eigenvalue weighted by molar-refractivity contribution is -0.137. The number of carboxylic acids is 1. The van der Waals surface area contributed by atoms with Gasteiger partial charge in [-0.1, -0.05) is 51.1 Å². The quantitative estimate of drug-likeness (QED) is 0.258. The first-order valence-corrected chi connectivity index (χ1v) is 13.2. The molecule has 3 aromatic rings. The van der Waals surface area contributed by atoms with Crippen molar-refractivity contribution in [2.75, 3.05) is 7.11 Å². The summed E-state index contributed by atoms with van der Waals surface area (Å²) in [6, 6.07) is 17.9. The molecule has 0 aromatic heterocycles. The number of hydrogen-bond acceptors (Lipinski definition) is 4. The number of carboxylic acid groups (broad SMARTS) is 1. The van der Waals surface area contributed by atoms with Crippen LogP contribution in [0, 0.1) is 17.2 Å². The highest BCUT2D eigenvalue weighted by Gasteiger charge is 2.34. The molecule has 0 radical (unpaired) electrons. The first-order valence-electron chi connectivity index (χ1n) is 13.2. The van der Waals surface area contributed by atoms with E-state index in [1.807, 2.05) is 45.0 Å². The lowest BCUT2D eigenvalue weighted by Crippen LogP contribution is -2.21. The second kappa shape index (κ2) is 11.6. The highest BCUT2D eigenvalue weighted by molar-refractivity contribution is 5.71. The molecule has 0 aliphatic heterocycles. The van der Waals surface area contributed by atoms with Crippen LogP contribution in [0.4, 0.5) is 4.39 Å². The molecule has 4 rings (SSSR count). The maximum atomic E-state index is 14.9. The maximum Gasteiger partial charge on any atom is 0.303 e. The standard InChI is InChI=1S/C32H37FO5/c1-5-32(2,3)31(36)28-17-24(11-13-25(28)27-16-23(37-4)12-14-29(27)33)38-19-20-7-6-8-22(15-20)26(18-30(34)35)21-9-10-21/h6-8,11-17,21,26,31,36H,5,9-10,18-19H2,1-4H3,(H,34,35). The minimum Gasteiger partial charge on any atom is -0.497 e. The molecule has 1 aliphatic carbocycles. The van der Waals surface area contributed by atoms with Gasteiger partial charge >= 0.3 is 5.97 Å². The van der Waals surface area contributed by atoms with E-state index in [0.717, 1.165) is 30.4 Å². The molecular weight excluding hydrogens is 483 g/mol. The lowest BCUT2D eigenvalue weighted by Gasteiger charge is -2.31. The summed E-state index contributed by atoms with van der Waals surface area (Å²) in [5, 5.41) is 20.8. The molecule has 202 valence electrons. The molecular formula is C32H37FO5. The number of ether oxygens (including phenoxy) is 2. The molecule has 0 saturated heterocycles. The van der Waals surface area contributed by atoms with E-state index in [2.05, 4.69) is 0 Å². The van der Waals surface area contributed by atoms with Crippen LogP contribution in [-0.2, 0) is 11.4 Å². The molecule has 6 heteroatoms. The zero-order valence-electron chi connectivity index (χ0n) is 22.5. The van der Waals surface area contributed by atoms with Gasteiger partial charge in [-0.25, -0.2) is 4.39 Å². The largest absolute Gasteiger partial charge is 0.497 e. The summed E-state index contributed by atoms with van der Waals surface area (Å²) >= 11 is 0. The summed E-state index contributed by atoms with van der Waals surface area (Å²) in [6.07, 6.45) is 2.14. The lowest BCUT2D eigenvalue weighted by atomic mass is 9.78. The van der Waals surface area contributed by atoms with Crippen molar-refractivity contribution in [3.63, 3.8) is 0 Å². The summed E-state index contributed by atoms with van der Waals surface area (Å²) in [6.45, 7) is 6.27. The third-order valence-corrected chi connectivity index (χ3v) is 7.80. The number of halogens is 1. The number of aliphatic hydroxyl groups excluding tert-OH is 1. The van der Waals surface area contributed by atoms with E-state index < -0.39 is 23.3 Å². The molecule has 2 unspecified atom stereocenters. The SMILES string of the molecule is CCC(C)(C)C(O)c1cc(OCc2cccc(C(CC(=O)O)C3CC3)c2)ccc1-c1cc(OC)ccc1F. The van der Waals surface area contributed by atoms with Gasteiger partial charge in [-0.3, -0.25) is 4.79 Å². The third kappa shape index (κ3) is 6.36. The van der Waals surface area contributed by atoms with Gasteiger partial charge in [0.2, 0.25) is 0 Å². The third-order valence-electron chi connectivity index (χ3n) is 7.80. The van der Waals surface area contributed by atoms with Gasteiger partial charge < -0.3 is 19.7 Å². The number of rotatable bonds is 12. The molecule has 1 aliphatic rings. The van der Waals surface area contributed by atoms with Crippen molar-refractivity contribution in [3.05, 3.63) is 83.2 Å². The molecule has 2 atom stereocenters. The van der Waals surface area contributed by atoms with E-state index in [0.29, 0.717) is 34.1 Å². The second-order valence-electron chi connectivity index (χ2n) is 10.9. The Morgan fingerprint density at radius 2 is 1.79 bits per heavy atom. The van der Waals surface area contributed by atoms with Gasteiger partial charge in [-0.15, -0.1) is 0 Å². The van der Waals surface area contributed by atoms with Crippen LogP contribution < -0.4 is 9.47 Å². The topological polar surface area (TPSA) is 76.0 Å².